The Kier molecular flexibility index (Phi) is 10.6. The van der Waals surface area contributed by atoms with Crippen LogP contribution in [-0.4, -0.2) is 79.7 Å². The second-order valence-corrected chi connectivity index (χ2v) is 11.3. The van der Waals surface area contributed by atoms with Crippen LogP contribution >= 0.6 is 11.6 Å². The van der Waals surface area contributed by atoms with E-state index in [1.807, 2.05) is 79.7 Å². The Labute approximate surface area is 256 Å². The molecule has 0 unspecified atom stereocenters. The van der Waals surface area contributed by atoms with Crippen LogP contribution in [-0.2, 0) is 22.6 Å². The second-order valence-electron chi connectivity index (χ2n) is 10.9. The fourth-order valence-corrected chi connectivity index (χ4v) is 5.73. The number of carbonyl (C=O) groups excluding carboxylic acids is 2. The van der Waals surface area contributed by atoms with Gasteiger partial charge in [0.25, 0.3) is 5.91 Å². The van der Waals surface area contributed by atoms with Crippen LogP contribution in [0.3, 0.4) is 0 Å². The molecule has 5 N–H and O–H groups in total. The predicted octanol–water partition coefficient (Wildman–Crippen LogP) is 3.01. The van der Waals surface area contributed by atoms with E-state index >= 15 is 0 Å². The summed E-state index contributed by atoms with van der Waals surface area (Å²) in [5.74, 6) is -1.05. The first-order chi connectivity index (χ1) is 20.5. The zero-order chi connectivity index (χ0) is 31.3. The van der Waals surface area contributed by atoms with Crippen LogP contribution in [0.15, 0.2) is 60.7 Å². The molecule has 0 bridgehead atoms. The van der Waals surface area contributed by atoms with E-state index in [4.69, 9.17) is 26.9 Å². The van der Waals surface area contributed by atoms with Gasteiger partial charge in [0, 0.05) is 54.0 Å². The minimum Gasteiger partial charge on any atom is -0.496 e. The van der Waals surface area contributed by atoms with Crippen LogP contribution in [0.4, 0.5) is 5.69 Å². The molecule has 0 saturated carbocycles. The number of nitrogens with one attached hydrogen (secondary N) is 1. The maximum Gasteiger partial charge on any atom is 0.251 e. The molecule has 4 rings (SSSR count). The number of hydroxylamine groups is 2. The average molecular weight is 611 g/mol. The number of para-hydroxylation sites is 1. The summed E-state index contributed by atoms with van der Waals surface area (Å²) in [5.41, 5.74) is 10.2. The molecule has 11 heteroatoms. The highest BCUT2D eigenvalue weighted by Crippen LogP contribution is 2.38. The summed E-state index contributed by atoms with van der Waals surface area (Å²) in [4.78, 5) is 33.5. The molecule has 10 nitrogen and oxygen atoms in total. The van der Waals surface area contributed by atoms with Crippen molar-refractivity contribution in [2.75, 3.05) is 39.3 Å². The van der Waals surface area contributed by atoms with Gasteiger partial charge in [0.2, 0.25) is 5.91 Å². The summed E-state index contributed by atoms with van der Waals surface area (Å²) in [6.45, 7) is 1.71. The number of primary amides is 1. The van der Waals surface area contributed by atoms with Gasteiger partial charge in [-0.1, -0.05) is 41.9 Å². The van der Waals surface area contributed by atoms with Crippen molar-refractivity contribution in [3.05, 3.63) is 82.4 Å². The molecule has 43 heavy (non-hydrogen) atoms. The van der Waals surface area contributed by atoms with E-state index in [-0.39, 0.29) is 19.1 Å². The maximum absolute atomic E-state index is 13.3. The van der Waals surface area contributed by atoms with E-state index in [2.05, 4.69) is 5.32 Å². The molecule has 1 aliphatic rings. The normalized spacial score (nSPS) is 19.2. The predicted molar refractivity (Wildman–Crippen MR) is 166 cm³/mol. The van der Waals surface area contributed by atoms with Crippen LogP contribution in [0.5, 0.6) is 5.75 Å². The smallest absolute Gasteiger partial charge is 0.251 e. The molecule has 3 aromatic rings. The van der Waals surface area contributed by atoms with Crippen LogP contribution in [0.2, 0.25) is 5.02 Å². The number of benzene rings is 3. The van der Waals surface area contributed by atoms with Crippen molar-refractivity contribution in [2.24, 2.45) is 11.7 Å². The highest BCUT2D eigenvalue weighted by molar-refractivity contribution is 6.30. The number of halogens is 1. The number of methoxy groups -OCH3 is 1. The number of nitrogens with zero attached hydrogens (tertiary/aromatic N) is 2. The van der Waals surface area contributed by atoms with E-state index in [9.17, 15) is 19.8 Å². The third-order valence-electron chi connectivity index (χ3n) is 7.63. The molecule has 1 heterocycles. The lowest BCUT2D eigenvalue weighted by molar-refractivity contribution is -0.181. The van der Waals surface area contributed by atoms with Gasteiger partial charge in [-0.2, -0.15) is 5.06 Å². The maximum atomic E-state index is 13.3. The number of hydrogen-bond acceptors (Lipinski definition) is 8. The summed E-state index contributed by atoms with van der Waals surface area (Å²) < 4.78 is 5.87. The largest absolute Gasteiger partial charge is 0.496 e. The van der Waals surface area contributed by atoms with Gasteiger partial charge in [-0.3, -0.25) is 14.4 Å². The Morgan fingerprint density at radius 3 is 2.53 bits per heavy atom. The number of ether oxygens (including phenoxy) is 1. The molecule has 2 amide bonds. The molecule has 0 spiro atoms. The van der Waals surface area contributed by atoms with Crippen LogP contribution in [0, 0.1) is 5.92 Å². The third kappa shape index (κ3) is 7.46. The van der Waals surface area contributed by atoms with Gasteiger partial charge in [0.1, 0.15) is 17.9 Å². The lowest BCUT2D eigenvalue weighted by atomic mass is 9.89. The summed E-state index contributed by atoms with van der Waals surface area (Å²) in [5, 5.41) is 25.2. The number of aliphatic hydroxyl groups is 2. The minimum absolute atomic E-state index is 0.106. The fourth-order valence-electron chi connectivity index (χ4n) is 5.52. The summed E-state index contributed by atoms with van der Waals surface area (Å²) in [6.07, 6.45) is -1.08. The number of carbonyl (C=O) groups is 2. The van der Waals surface area contributed by atoms with Crippen LogP contribution in [0.1, 0.15) is 28.4 Å². The van der Waals surface area contributed by atoms with E-state index < -0.39 is 30.1 Å². The SMILES string of the molecule is COc1c(CN2O[C@@H](CO)[C@@H]([C@H](C)O)[C@H]2C(N)=O)cccc1-c1cc(C(=O)NCCc2cccc(Cl)c2)cc(N(C)C)c1. The van der Waals surface area contributed by atoms with Crippen molar-refractivity contribution in [1.29, 1.82) is 0 Å². The molecular formula is C32H39ClN4O6. The molecule has 0 radical (unpaired) electrons. The standard InChI is InChI=1S/C32H39ClN4O6/c1-19(39)28-27(18-38)43-37(29(28)31(34)40)17-21-8-6-10-26(30(21)42-4)22-14-23(16-25(15-22)36(2)3)32(41)35-12-11-20-7-5-9-24(33)13-20/h5-10,13-16,19,27-29,38-39H,11-12,17-18H2,1-4H3,(H2,34,40)(H,35,41)/t19-,27-,28+,29-/m0/s1. The number of nitrogens with two attached hydrogens (primary N) is 1. The molecule has 4 atom stereocenters. The first-order valence-electron chi connectivity index (χ1n) is 14.1. The van der Waals surface area contributed by atoms with Crippen molar-refractivity contribution in [1.82, 2.24) is 10.4 Å². The van der Waals surface area contributed by atoms with Gasteiger partial charge in [-0.25, -0.2) is 0 Å². The van der Waals surface area contributed by atoms with Crippen molar-refractivity contribution in [3.63, 3.8) is 0 Å². The lowest BCUT2D eigenvalue weighted by Gasteiger charge is -2.25. The van der Waals surface area contributed by atoms with Crippen molar-refractivity contribution in [3.8, 4) is 16.9 Å². The van der Waals surface area contributed by atoms with E-state index in [1.165, 1.54) is 5.06 Å². The Hall–Kier alpha value is -3.67. The molecule has 1 fully saturated rings. The number of anilines is 1. The number of aliphatic hydroxyl groups excluding tert-OH is 2. The first-order valence-corrected chi connectivity index (χ1v) is 14.4. The monoisotopic (exact) mass is 610 g/mol. The van der Waals surface area contributed by atoms with Crippen molar-refractivity contribution in [2.45, 2.75) is 38.1 Å². The van der Waals surface area contributed by atoms with E-state index in [1.54, 1.807) is 14.0 Å². The van der Waals surface area contributed by atoms with Gasteiger partial charge in [0.05, 0.1) is 26.4 Å². The second kappa shape index (κ2) is 14.2. The number of amides is 2. The van der Waals surface area contributed by atoms with Gasteiger partial charge in [-0.05, 0) is 54.8 Å². The van der Waals surface area contributed by atoms with Gasteiger partial charge >= 0.3 is 0 Å². The third-order valence-corrected chi connectivity index (χ3v) is 7.86. The average Bonchev–Trinajstić information content (AvgIpc) is 3.35. The lowest BCUT2D eigenvalue weighted by Crippen LogP contribution is -2.47. The Balaban J connectivity index is 1.63. The summed E-state index contributed by atoms with van der Waals surface area (Å²) in [6, 6.07) is 17.8. The van der Waals surface area contributed by atoms with E-state index in [0.717, 1.165) is 22.4 Å². The topological polar surface area (TPSA) is 138 Å². The zero-order valence-electron chi connectivity index (χ0n) is 24.8. The van der Waals surface area contributed by atoms with Crippen molar-refractivity contribution >= 4 is 29.1 Å². The van der Waals surface area contributed by atoms with Crippen molar-refractivity contribution < 1.29 is 29.4 Å². The number of hydrogen-bond donors (Lipinski definition) is 4. The molecule has 1 aliphatic heterocycles. The first kappa shape index (κ1) is 32.2. The Bertz CT molecular complexity index is 1450. The quantitative estimate of drug-likeness (QED) is 0.246. The molecule has 3 aromatic carbocycles. The summed E-state index contributed by atoms with van der Waals surface area (Å²) >= 11 is 6.09. The molecule has 0 aromatic heterocycles. The minimum atomic E-state index is -0.954. The Morgan fingerprint density at radius 1 is 1.16 bits per heavy atom. The van der Waals surface area contributed by atoms with Crippen LogP contribution in [0.25, 0.3) is 11.1 Å². The van der Waals surface area contributed by atoms with Crippen LogP contribution < -0.4 is 20.7 Å². The van der Waals surface area contributed by atoms with Gasteiger partial charge in [-0.15, -0.1) is 0 Å². The fraction of sp³-hybridized carbons (Fsp3) is 0.375. The summed E-state index contributed by atoms with van der Waals surface area (Å²) in [7, 11) is 5.35. The van der Waals surface area contributed by atoms with E-state index in [0.29, 0.717) is 34.9 Å². The van der Waals surface area contributed by atoms with Gasteiger partial charge in [0.15, 0.2) is 0 Å². The molecule has 1 saturated heterocycles. The molecular weight excluding hydrogens is 572 g/mol. The van der Waals surface area contributed by atoms with Gasteiger partial charge < -0.3 is 30.9 Å². The molecule has 0 aliphatic carbocycles. The Morgan fingerprint density at radius 2 is 1.91 bits per heavy atom. The molecule has 230 valence electrons. The highest BCUT2D eigenvalue weighted by Gasteiger charge is 2.48. The number of rotatable bonds is 12. The zero-order valence-corrected chi connectivity index (χ0v) is 25.5. The highest BCUT2D eigenvalue weighted by atomic mass is 35.5.